The van der Waals surface area contributed by atoms with Crippen molar-refractivity contribution >= 4 is 17.7 Å². The highest BCUT2D eigenvalue weighted by atomic mass is 32.2. The molecule has 0 aromatic heterocycles. The number of rotatable bonds is 3. The van der Waals surface area contributed by atoms with Crippen LogP contribution in [0.2, 0.25) is 0 Å². The fourth-order valence-corrected chi connectivity index (χ4v) is 1.85. The highest BCUT2D eigenvalue weighted by molar-refractivity contribution is 8.01. The van der Waals surface area contributed by atoms with Gasteiger partial charge >= 0.3 is 5.97 Å². The van der Waals surface area contributed by atoms with Gasteiger partial charge in [0.25, 0.3) is 0 Å². The van der Waals surface area contributed by atoms with Crippen molar-refractivity contribution in [3.8, 4) is 0 Å². The van der Waals surface area contributed by atoms with E-state index in [4.69, 9.17) is 4.74 Å². The van der Waals surface area contributed by atoms with Crippen LogP contribution >= 0.6 is 11.8 Å². The summed E-state index contributed by atoms with van der Waals surface area (Å²) < 4.78 is 5.11. The van der Waals surface area contributed by atoms with Gasteiger partial charge in [0.15, 0.2) is 0 Å². The van der Waals surface area contributed by atoms with Crippen molar-refractivity contribution in [2.24, 2.45) is 0 Å². The molecule has 78 valence electrons. The lowest BCUT2D eigenvalue weighted by Gasteiger charge is -2.14. The Kier molecular flexibility index (Phi) is 3.45. The van der Waals surface area contributed by atoms with Crippen molar-refractivity contribution < 1.29 is 9.53 Å². The van der Waals surface area contributed by atoms with Crippen LogP contribution in [0.4, 0.5) is 0 Å². The molecule has 1 aromatic rings. The van der Waals surface area contributed by atoms with Crippen molar-refractivity contribution in [1.82, 2.24) is 0 Å². The van der Waals surface area contributed by atoms with Crippen LogP contribution < -0.4 is 0 Å². The summed E-state index contributed by atoms with van der Waals surface area (Å²) in [5.41, 5.74) is 2.20. The first kappa shape index (κ1) is 10.3. The van der Waals surface area contributed by atoms with Crippen LogP contribution in [0.3, 0.4) is 0 Å². The number of benzene rings is 1. The summed E-state index contributed by atoms with van der Waals surface area (Å²) in [6, 6.07) is 9.70. The molecule has 2 nitrogen and oxygen atoms in total. The summed E-state index contributed by atoms with van der Waals surface area (Å²) >= 11 is 1.83. The van der Waals surface area contributed by atoms with E-state index in [1.807, 2.05) is 42.1 Å². The Hall–Kier alpha value is -1.22. The predicted octanol–water partition coefficient (Wildman–Crippen LogP) is 2.40. The number of ether oxygens (including phenoxy) is 1. The minimum atomic E-state index is -0.228. The number of carbonyl (C=O) groups excluding carboxylic acids is 1. The summed E-state index contributed by atoms with van der Waals surface area (Å²) in [6.07, 6.45) is 1.61. The Morgan fingerprint density at radius 3 is 2.67 bits per heavy atom. The van der Waals surface area contributed by atoms with Gasteiger partial charge in [-0.3, -0.25) is 0 Å². The summed E-state index contributed by atoms with van der Waals surface area (Å²) in [4.78, 5) is 11.3. The van der Waals surface area contributed by atoms with E-state index in [2.05, 4.69) is 0 Å². The first-order valence-corrected chi connectivity index (χ1v) is 5.98. The van der Waals surface area contributed by atoms with Crippen molar-refractivity contribution in [1.29, 1.82) is 0 Å². The standard InChI is InChI=1S/C12H12O2S/c13-12(6-11-8-15-9-11)14-7-10-4-2-1-3-5-10/h1-6H,7-9H2. The monoisotopic (exact) mass is 220 g/mol. The Labute approximate surface area is 93.3 Å². The predicted molar refractivity (Wildman–Crippen MR) is 61.6 cm³/mol. The van der Waals surface area contributed by atoms with E-state index in [1.165, 1.54) is 5.57 Å². The molecule has 0 aliphatic carbocycles. The van der Waals surface area contributed by atoms with Gasteiger partial charge in [-0.25, -0.2) is 4.79 Å². The van der Waals surface area contributed by atoms with Gasteiger partial charge in [-0.05, 0) is 11.1 Å². The summed E-state index contributed by atoms with van der Waals surface area (Å²) in [5, 5.41) is 0. The topological polar surface area (TPSA) is 26.3 Å². The molecule has 0 unspecified atom stereocenters. The minimum Gasteiger partial charge on any atom is -0.458 e. The zero-order valence-corrected chi connectivity index (χ0v) is 9.13. The first-order chi connectivity index (χ1) is 7.34. The molecular formula is C12H12O2S. The zero-order valence-electron chi connectivity index (χ0n) is 8.31. The molecule has 1 saturated heterocycles. The molecule has 2 rings (SSSR count). The van der Waals surface area contributed by atoms with Gasteiger partial charge in [0.05, 0.1) is 0 Å². The maximum Gasteiger partial charge on any atom is 0.331 e. The number of carbonyl (C=O) groups is 1. The molecule has 3 heteroatoms. The second-order valence-corrected chi connectivity index (χ2v) is 4.37. The van der Waals surface area contributed by atoms with Gasteiger partial charge in [0.1, 0.15) is 6.61 Å². The SMILES string of the molecule is O=C(C=C1CSC1)OCc1ccccc1. The Balaban J connectivity index is 1.80. The third kappa shape index (κ3) is 3.13. The lowest BCUT2D eigenvalue weighted by Crippen LogP contribution is -2.09. The van der Waals surface area contributed by atoms with Crippen LogP contribution in [0.15, 0.2) is 42.0 Å². The summed E-state index contributed by atoms with van der Waals surface area (Å²) in [7, 11) is 0. The number of hydrogen-bond acceptors (Lipinski definition) is 3. The van der Waals surface area contributed by atoms with E-state index in [1.54, 1.807) is 6.08 Å². The first-order valence-electron chi connectivity index (χ1n) is 4.82. The largest absolute Gasteiger partial charge is 0.458 e. The number of thioether (sulfide) groups is 1. The highest BCUT2D eigenvalue weighted by Gasteiger charge is 2.11. The molecule has 0 saturated carbocycles. The average molecular weight is 220 g/mol. The molecule has 1 aliphatic rings. The molecule has 1 aliphatic heterocycles. The molecule has 0 radical (unpaired) electrons. The van der Waals surface area contributed by atoms with Gasteiger partial charge < -0.3 is 4.74 Å². The number of hydrogen-bond donors (Lipinski definition) is 0. The number of esters is 1. The molecule has 1 aromatic carbocycles. The van der Waals surface area contributed by atoms with Crippen LogP contribution in [0, 0.1) is 0 Å². The second-order valence-electron chi connectivity index (χ2n) is 3.39. The molecule has 0 N–H and O–H groups in total. The fraction of sp³-hybridized carbons (Fsp3) is 0.250. The molecule has 0 amide bonds. The molecule has 0 spiro atoms. The van der Waals surface area contributed by atoms with E-state index in [-0.39, 0.29) is 5.97 Å². The average Bonchev–Trinajstić information content (AvgIpc) is 2.22. The van der Waals surface area contributed by atoms with E-state index in [9.17, 15) is 4.79 Å². The van der Waals surface area contributed by atoms with Crippen LogP contribution in [0.25, 0.3) is 0 Å². The summed E-state index contributed by atoms with van der Waals surface area (Å²) in [6.45, 7) is 0.358. The van der Waals surface area contributed by atoms with Crippen LogP contribution in [0.5, 0.6) is 0 Å². The maximum absolute atomic E-state index is 11.3. The van der Waals surface area contributed by atoms with Crippen LogP contribution in [0.1, 0.15) is 5.56 Å². The Morgan fingerprint density at radius 2 is 2.07 bits per heavy atom. The molecular weight excluding hydrogens is 208 g/mol. The Bertz CT molecular complexity index is 364. The maximum atomic E-state index is 11.3. The molecule has 15 heavy (non-hydrogen) atoms. The van der Waals surface area contributed by atoms with Crippen LogP contribution in [-0.2, 0) is 16.1 Å². The third-order valence-electron chi connectivity index (χ3n) is 2.12. The smallest absolute Gasteiger partial charge is 0.331 e. The quantitative estimate of drug-likeness (QED) is 0.578. The van der Waals surface area contributed by atoms with Gasteiger partial charge in [0, 0.05) is 17.6 Å². The molecule has 1 fully saturated rings. The van der Waals surface area contributed by atoms with Gasteiger partial charge in [-0.15, -0.1) is 0 Å². The van der Waals surface area contributed by atoms with Crippen LogP contribution in [-0.4, -0.2) is 17.5 Å². The fourth-order valence-electron chi connectivity index (χ4n) is 1.24. The van der Waals surface area contributed by atoms with E-state index >= 15 is 0 Å². The third-order valence-corrected chi connectivity index (χ3v) is 3.27. The molecule has 0 atom stereocenters. The van der Waals surface area contributed by atoms with Crippen molar-refractivity contribution in [3.05, 3.63) is 47.5 Å². The minimum absolute atomic E-state index is 0.228. The van der Waals surface area contributed by atoms with Crippen molar-refractivity contribution in [2.75, 3.05) is 11.5 Å². The van der Waals surface area contributed by atoms with Crippen molar-refractivity contribution in [2.45, 2.75) is 6.61 Å². The van der Waals surface area contributed by atoms with E-state index in [0.29, 0.717) is 6.61 Å². The summed E-state index contributed by atoms with van der Waals surface area (Å²) in [5.74, 6) is 1.72. The van der Waals surface area contributed by atoms with Gasteiger partial charge in [-0.2, -0.15) is 11.8 Å². The van der Waals surface area contributed by atoms with E-state index < -0.39 is 0 Å². The van der Waals surface area contributed by atoms with Gasteiger partial charge in [-0.1, -0.05) is 30.3 Å². The highest BCUT2D eigenvalue weighted by Crippen LogP contribution is 2.23. The Morgan fingerprint density at radius 1 is 1.33 bits per heavy atom. The second kappa shape index (κ2) is 5.03. The molecule has 0 bridgehead atoms. The zero-order chi connectivity index (χ0) is 10.5. The normalized spacial score (nSPS) is 14.3. The van der Waals surface area contributed by atoms with Crippen molar-refractivity contribution in [3.63, 3.8) is 0 Å². The lowest BCUT2D eigenvalue weighted by molar-refractivity contribution is -0.139. The van der Waals surface area contributed by atoms with E-state index in [0.717, 1.165) is 17.1 Å². The lowest BCUT2D eigenvalue weighted by atomic mass is 10.2. The van der Waals surface area contributed by atoms with Gasteiger partial charge in [0.2, 0.25) is 0 Å². The molecule has 1 heterocycles.